The summed E-state index contributed by atoms with van der Waals surface area (Å²) in [6, 6.07) is 2.13. The predicted octanol–water partition coefficient (Wildman–Crippen LogP) is 2.60. The maximum absolute atomic E-state index is 7.62. The Labute approximate surface area is 197 Å². The zero-order valence-electron chi connectivity index (χ0n) is 18.0. The van der Waals surface area contributed by atoms with Gasteiger partial charge in [-0.05, 0) is 0 Å². The summed E-state index contributed by atoms with van der Waals surface area (Å²) < 4.78 is 16.3. The van der Waals surface area contributed by atoms with Crippen LogP contribution in [0.3, 0.4) is 0 Å². The normalized spacial score (nSPS) is 14.7. The topological polar surface area (TPSA) is 118 Å². The molecule has 0 atom stereocenters. The molecule has 0 radical (unpaired) electrons. The Morgan fingerprint density at radius 2 is 1.81 bits per heavy atom. The standard InChI is InChI=1S/C21H26Cl2N6O3/c1-30-17-7-18(31-2)20(23)16(19(17)22)12-32-15-10-27-21(28-11-15)29-14(8-24)9-26-13-3-5-25-6-4-13/h7-11,13,24-26H,3-6,12H2,1-2H3,(H,27,28,29)/p+1. The van der Waals surface area contributed by atoms with Crippen LogP contribution in [0.1, 0.15) is 18.4 Å². The number of halogens is 2. The lowest BCUT2D eigenvalue weighted by atomic mass is 10.1. The summed E-state index contributed by atoms with van der Waals surface area (Å²) in [6.45, 7) is 2.12. The lowest BCUT2D eigenvalue weighted by Crippen LogP contribution is -2.86. The number of hydrogen-bond donors (Lipinski definition) is 4. The number of benzene rings is 1. The van der Waals surface area contributed by atoms with E-state index in [1.807, 2.05) is 6.20 Å². The number of piperidine rings is 1. The number of nitrogens with two attached hydrogens (primary N) is 1. The number of nitrogens with zero attached hydrogens (tertiary/aromatic N) is 2. The highest BCUT2D eigenvalue weighted by atomic mass is 35.5. The second-order valence-electron chi connectivity index (χ2n) is 7.09. The van der Waals surface area contributed by atoms with Gasteiger partial charge in [-0.1, -0.05) is 23.2 Å². The van der Waals surface area contributed by atoms with Gasteiger partial charge in [0, 0.05) is 43.8 Å². The number of rotatable bonds is 10. The molecule has 1 aromatic carbocycles. The van der Waals surface area contributed by atoms with Gasteiger partial charge in [0.2, 0.25) is 5.95 Å². The third-order valence-corrected chi connectivity index (χ3v) is 5.85. The van der Waals surface area contributed by atoms with Gasteiger partial charge < -0.3 is 35.6 Å². The van der Waals surface area contributed by atoms with Crippen molar-refractivity contribution >= 4 is 35.4 Å². The molecule has 1 aliphatic rings. The van der Waals surface area contributed by atoms with Gasteiger partial charge in [0.05, 0.1) is 42.7 Å². The van der Waals surface area contributed by atoms with E-state index in [1.165, 1.54) is 32.8 Å². The first-order valence-electron chi connectivity index (χ1n) is 10.1. The molecule has 0 amide bonds. The molecule has 0 spiro atoms. The molecule has 11 heteroatoms. The number of quaternary nitrogens is 1. The van der Waals surface area contributed by atoms with E-state index >= 15 is 0 Å². The highest BCUT2D eigenvalue weighted by Crippen LogP contribution is 2.40. The highest BCUT2D eigenvalue weighted by molar-refractivity contribution is 6.37. The molecule has 32 heavy (non-hydrogen) atoms. The Kier molecular flexibility index (Phi) is 8.92. The zero-order chi connectivity index (χ0) is 22.9. The highest BCUT2D eigenvalue weighted by Gasteiger charge is 2.18. The molecular weight excluding hydrogens is 455 g/mol. The summed E-state index contributed by atoms with van der Waals surface area (Å²) in [7, 11) is 3.03. The maximum atomic E-state index is 7.62. The number of ether oxygens (including phenoxy) is 3. The molecule has 0 unspecified atom stereocenters. The molecular formula is C21H27Cl2N6O3+. The number of methoxy groups -OCH3 is 2. The van der Waals surface area contributed by atoms with Crippen LogP contribution in [0.25, 0.3) is 0 Å². The molecule has 0 bridgehead atoms. The van der Waals surface area contributed by atoms with E-state index in [0.29, 0.717) is 50.5 Å². The molecule has 1 aromatic heterocycles. The second-order valence-corrected chi connectivity index (χ2v) is 7.85. The van der Waals surface area contributed by atoms with Gasteiger partial charge in [-0.15, -0.1) is 0 Å². The van der Waals surface area contributed by atoms with Gasteiger partial charge in [0.25, 0.3) is 0 Å². The van der Waals surface area contributed by atoms with E-state index in [0.717, 1.165) is 25.9 Å². The maximum Gasteiger partial charge on any atom is 0.227 e. The number of nitrogens with one attached hydrogen (secondary N) is 3. The fourth-order valence-corrected chi connectivity index (χ4v) is 3.82. The number of hydrogen-bond acceptors (Lipinski definition) is 8. The van der Waals surface area contributed by atoms with Gasteiger partial charge in [0.15, 0.2) is 5.75 Å². The molecule has 2 heterocycles. The van der Waals surface area contributed by atoms with Crippen LogP contribution in [0.4, 0.5) is 5.95 Å². The van der Waals surface area contributed by atoms with Crippen LogP contribution < -0.4 is 30.2 Å². The van der Waals surface area contributed by atoms with Gasteiger partial charge in [-0.3, -0.25) is 0 Å². The smallest absolute Gasteiger partial charge is 0.227 e. The number of anilines is 1. The van der Waals surface area contributed by atoms with Crippen molar-refractivity contribution in [2.75, 3.05) is 32.6 Å². The van der Waals surface area contributed by atoms with E-state index in [1.54, 1.807) is 6.07 Å². The minimum absolute atomic E-state index is 0.0816. The van der Waals surface area contributed by atoms with Gasteiger partial charge in [-0.25, -0.2) is 9.97 Å². The first kappa shape index (κ1) is 24.1. The van der Waals surface area contributed by atoms with Gasteiger partial charge in [0.1, 0.15) is 30.0 Å². The first-order valence-corrected chi connectivity index (χ1v) is 10.9. The fourth-order valence-electron chi connectivity index (χ4n) is 3.21. The Morgan fingerprint density at radius 1 is 1.19 bits per heavy atom. The average molecular weight is 482 g/mol. The molecule has 0 saturated carbocycles. The van der Waals surface area contributed by atoms with Crippen molar-refractivity contribution in [2.45, 2.75) is 25.5 Å². The summed E-state index contributed by atoms with van der Waals surface area (Å²) >= 11 is 12.7. The van der Waals surface area contributed by atoms with Crippen molar-refractivity contribution in [3.63, 3.8) is 0 Å². The molecule has 1 saturated heterocycles. The molecule has 3 rings (SSSR count). The average Bonchev–Trinajstić information content (AvgIpc) is 2.83. The minimum Gasteiger partial charge on any atom is -0.495 e. The monoisotopic (exact) mass is 481 g/mol. The second kappa shape index (κ2) is 11.9. The van der Waals surface area contributed by atoms with Crippen molar-refractivity contribution < 1.29 is 19.5 Å². The van der Waals surface area contributed by atoms with E-state index in [9.17, 15) is 0 Å². The molecule has 1 aliphatic heterocycles. The Morgan fingerprint density at radius 3 is 2.38 bits per heavy atom. The summed E-state index contributed by atoms with van der Waals surface area (Å²) in [5, 5.41) is 16.8. The summed E-state index contributed by atoms with van der Waals surface area (Å²) in [5.41, 5.74) is 1.15. The summed E-state index contributed by atoms with van der Waals surface area (Å²) in [4.78, 5) is 8.51. The van der Waals surface area contributed by atoms with Crippen LogP contribution in [-0.4, -0.2) is 49.5 Å². The molecule has 172 valence electrons. The van der Waals surface area contributed by atoms with Gasteiger partial charge >= 0.3 is 0 Å². The van der Waals surface area contributed by atoms with Gasteiger partial charge in [-0.2, -0.15) is 0 Å². The molecule has 0 aliphatic carbocycles. The third-order valence-electron chi connectivity index (χ3n) is 5.02. The molecule has 2 aromatic rings. The van der Waals surface area contributed by atoms with Crippen molar-refractivity contribution in [1.29, 1.82) is 5.41 Å². The quantitative estimate of drug-likeness (QED) is 0.385. The van der Waals surface area contributed by atoms with Crippen molar-refractivity contribution in [3.05, 3.63) is 46.0 Å². The Balaban J connectivity index is 1.62. The Bertz CT molecular complexity index is 921. The predicted molar refractivity (Wildman–Crippen MR) is 124 cm³/mol. The molecule has 1 fully saturated rings. The van der Waals surface area contributed by atoms with Crippen molar-refractivity contribution in [3.8, 4) is 17.2 Å². The lowest BCUT2D eigenvalue weighted by molar-refractivity contribution is -0.629. The van der Waals surface area contributed by atoms with E-state index in [-0.39, 0.29) is 6.61 Å². The lowest BCUT2D eigenvalue weighted by Gasteiger charge is -2.19. The van der Waals surface area contributed by atoms with E-state index in [4.69, 9.17) is 42.8 Å². The van der Waals surface area contributed by atoms with Crippen LogP contribution in [0, 0.1) is 5.41 Å². The molecule has 9 nitrogen and oxygen atoms in total. The van der Waals surface area contributed by atoms with E-state index < -0.39 is 0 Å². The number of allylic oxidation sites excluding steroid dienone is 1. The van der Waals surface area contributed by atoms with E-state index in [2.05, 4.69) is 25.9 Å². The van der Waals surface area contributed by atoms with Crippen molar-refractivity contribution in [2.24, 2.45) is 0 Å². The summed E-state index contributed by atoms with van der Waals surface area (Å²) in [6.07, 6.45) is 8.40. The van der Waals surface area contributed by atoms with Crippen LogP contribution in [-0.2, 0) is 6.61 Å². The fraction of sp³-hybridized carbons (Fsp3) is 0.381. The third kappa shape index (κ3) is 6.23. The SMILES string of the molecule is COc1cc(OC)c(Cl)c(COc2cnc(NC(C=N)=C[NH2+]C3CCNCC3)nc2)c1Cl. The van der Waals surface area contributed by atoms with Crippen LogP contribution in [0.5, 0.6) is 17.2 Å². The summed E-state index contributed by atoms with van der Waals surface area (Å²) in [5.74, 6) is 1.68. The largest absolute Gasteiger partial charge is 0.495 e. The molecule has 5 N–H and O–H groups in total. The van der Waals surface area contributed by atoms with Crippen LogP contribution >= 0.6 is 23.2 Å². The number of aromatic nitrogens is 2. The Hall–Kier alpha value is -2.59. The van der Waals surface area contributed by atoms with Crippen LogP contribution in [0.2, 0.25) is 10.0 Å². The first-order chi connectivity index (χ1) is 15.5. The minimum atomic E-state index is 0.0816. The van der Waals surface area contributed by atoms with Crippen molar-refractivity contribution in [1.82, 2.24) is 15.3 Å². The van der Waals surface area contributed by atoms with Crippen LogP contribution in [0.15, 0.2) is 30.4 Å². The zero-order valence-corrected chi connectivity index (χ0v) is 19.5.